The molecule has 27 heavy (non-hydrogen) atoms. The van der Waals surface area contributed by atoms with Crippen LogP contribution < -0.4 is 4.90 Å². The van der Waals surface area contributed by atoms with Crippen LogP contribution in [0.25, 0.3) is 18.2 Å². The Bertz CT molecular complexity index is 907. The van der Waals surface area contributed by atoms with Crippen LogP contribution in [0.4, 0.5) is 18.9 Å². The molecule has 6 heteroatoms. The molecule has 2 heterocycles. The largest absolute Gasteiger partial charge is 0.416 e. The minimum atomic E-state index is -4.37. The molecule has 0 saturated carbocycles. The van der Waals surface area contributed by atoms with Gasteiger partial charge in [-0.15, -0.1) is 11.8 Å². The van der Waals surface area contributed by atoms with Crippen LogP contribution in [0.3, 0.4) is 0 Å². The van der Waals surface area contributed by atoms with Gasteiger partial charge in [0.1, 0.15) is 6.23 Å². The SMILES string of the molecule is COC1CSC2C=Cc3ccc(/C=C/c4ccccc4C(F)(F)F)cc3N12. The van der Waals surface area contributed by atoms with E-state index >= 15 is 0 Å². The number of halogens is 3. The Morgan fingerprint density at radius 1 is 1.15 bits per heavy atom. The lowest BCUT2D eigenvalue weighted by atomic mass is 10.0. The molecule has 2 atom stereocenters. The van der Waals surface area contributed by atoms with Gasteiger partial charge in [-0.25, -0.2) is 0 Å². The fourth-order valence-corrected chi connectivity index (χ4v) is 4.69. The second kappa shape index (κ2) is 7.09. The highest BCUT2D eigenvalue weighted by Gasteiger charge is 2.36. The van der Waals surface area contributed by atoms with Crippen molar-refractivity contribution in [2.75, 3.05) is 17.8 Å². The van der Waals surface area contributed by atoms with Crippen molar-refractivity contribution in [3.05, 3.63) is 70.8 Å². The van der Waals surface area contributed by atoms with Crippen molar-refractivity contribution in [1.29, 1.82) is 0 Å². The van der Waals surface area contributed by atoms with Gasteiger partial charge in [0.2, 0.25) is 0 Å². The van der Waals surface area contributed by atoms with Crippen LogP contribution >= 0.6 is 11.8 Å². The monoisotopic (exact) mass is 389 g/mol. The molecule has 2 nitrogen and oxygen atoms in total. The normalized spacial score (nSPS) is 21.6. The second-order valence-electron chi connectivity index (χ2n) is 6.42. The molecular formula is C21H18F3NOS. The fourth-order valence-electron chi connectivity index (χ4n) is 3.43. The number of fused-ring (bicyclic) bond motifs is 3. The molecule has 4 rings (SSSR count). The number of methoxy groups -OCH3 is 1. The van der Waals surface area contributed by atoms with Gasteiger partial charge in [0, 0.05) is 18.6 Å². The quantitative estimate of drug-likeness (QED) is 0.620. The first kappa shape index (κ1) is 18.2. The van der Waals surface area contributed by atoms with Crippen LogP contribution in [0.15, 0.2) is 48.5 Å². The summed E-state index contributed by atoms with van der Waals surface area (Å²) in [4.78, 5) is 2.22. The number of anilines is 1. The predicted molar refractivity (Wildman–Crippen MR) is 105 cm³/mol. The summed E-state index contributed by atoms with van der Waals surface area (Å²) in [6.07, 6.45) is 3.12. The summed E-state index contributed by atoms with van der Waals surface area (Å²) in [6.45, 7) is 0. The van der Waals surface area contributed by atoms with Crippen molar-refractivity contribution in [2.24, 2.45) is 0 Å². The summed E-state index contributed by atoms with van der Waals surface area (Å²) in [5.41, 5.74) is 2.52. The number of hydrogen-bond donors (Lipinski definition) is 0. The van der Waals surface area contributed by atoms with Gasteiger partial charge in [-0.2, -0.15) is 13.2 Å². The van der Waals surface area contributed by atoms with Gasteiger partial charge >= 0.3 is 6.18 Å². The van der Waals surface area contributed by atoms with E-state index in [-0.39, 0.29) is 17.2 Å². The highest BCUT2D eigenvalue weighted by Crippen LogP contribution is 2.41. The van der Waals surface area contributed by atoms with E-state index in [2.05, 4.69) is 17.1 Å². The Labute approximate surface area is 160 Å². The average molecular weight is 389 g/mol. The van der Waals surface area contributed by atoms with Crippen LogP contribution in [0.5, 0.6) is 0 Å². The minimum Gasteiger partial charge on any atom is -0.361 e. The van der Waals surface area contributed by atoms with Crippen molar-refractivity contribution in [1.82, 2.24) is 0 Å². The van der Waals surface area contributed by atoms with Gasteiger partial charge in [0.05, 0.1) is 10.9 Å². The minimum absolute atomic E-state index is 0.00566. The van der Waals surface area contributed by atoms with Crippen LogP contribution in [-0.4, -0.2) is 24.5 Å². The van der Waals surface area contributed by atoms with Crippen molar-refractivity contribution in [3.63, 3.8) is 0 Å². The lowest BCUT2D eigenvalue weighted by molar-refractivity contribution is -0.137. The Morgan fingerprint density at radius 2 is 1.96 bits per heavy atom. The van der Waals surface area contributed by atoms with E-state index in [0.29, 0.717) is 0 Å². The third-order valence-electron chi connectivity index (χ3n) is 4.76. The molecule has 2 aliphatic heterocycles. The fraction of sp³-hybridized carbons (Fsp3) is 0.238. The van der Waals surface area contributed by atoms with Gasteiger partial charge in [-0.3, -0.25) is 0 Å². The van der Waals surface area contributed by atoms with Crippen LogP contribution in [0.2, 0.25) is 0 Å². The first-order valence-corrected chi connectivity index (χ1v) is 9.61. The number of alkyl halides is 3. The smallest absolute Gasteiger partial charge is 0.361 e. The van der Waals surface area contributed by atoms with Crippen LogP contribution in [0.1, 0.15) is 22.3 Å². The molecule has 0 bridgehead atoms. The van der Waals surface area contributed by atoms with E-state index < -0.39 is 11.7 Å². The summed E-state index contributed by atoms with van der Waals surface area (Å²) < 4.78 is 45.1. The number of ether oxygens (including phenoxy) is 1. The van der Waals surface area contributed by atoms with E-state index in [9.17, 15) is 13.2 Å². The Kier molecular flexibility index (Phi) is 4.78. The molecule has 1 fully saturated rings. The maximum absolute atomic E-state index is 13.2. The third kappa shape index (κ3) is 3.51. The van der Waals surface area contributed by atoms with Crippen LogP contribution in [0, 0.1) is 0 Å². The molecule has 0 spiro atoms. The van der Waals surface area contributed by atoms with Crippen molar-refractivity contribution < 1.29 is 17.9 Å². The molecule has 2 aromatic rings. The van der Waals surface area contributed by atoms with Crippen molar-refractivity contribution in [3.8, 4) is 0 Å². The van der Waals surface area contributed by atoms with Gasteiger partial charge < -0.3 is 9.64 Å². The standard InChI is InChI=1S/C21H18F3NOS/c1-26-19-13-27-20-11-10-16-9-7-14(12-18(16)25(19)20)6-8-15-4-2-3-5-17(15)21(22,23)24/h2-12,19-20H,13H2,1H3/b8-6+. The maximum Gasteiger partial charge on any atom is 0.416 e. The molecular weight excluding hydrogens is 371 g/mol. The summed E-state index contributed by atoms with van der Waals surface area (Å²) in [6, 6.07) is 11.5. The van der Waals surface area contributed by atoms with E-state index in [0.717, 1.165) is 28.6 Å². The number of nitrogens with zero attached hydrogens (tertiary/aromatic N) is 1. The molecule has 1 saturated heterocycles. The third-order valence-corrected chi connectivity index (χ3v) is 5.96. The van der Waals surface area contributed by atoms with E-state index in [4.69, 9.17) is 4.74 Å². The van der Waals surface area contributed by atoms with Crippen LogP contribution in [-0.2, 0) is 10.9 Å². The Hall–Kier alpha value is -2.18. The van der Waals surface area contributed by atoms with E-state index in [1.54, 1.807) is 19.3 Å². The highest BCUT2D eigenvalue weighted by molar-refractivity contribution is 8.00. The molecule has 140 valence electrons. The second-order valence-corrected chi connectivity index (χ2v) is 7.57. The molecule has 0 aromatic heterocycles. The van der Waals surface area contributed by atoms with Gasteiger partial charge in [0.25, 0.3) is 0 Å². The molecule has 0 N–H and O–H groups in total. The summed E-state index contributed by atoms with van der Waals surface area (Å²) in [5, 5.41) is 0.229. The summed E-state index contributed by atoms with van der Waals surface area (Å²) >= 11 is 1.81. The maximum atomic E-state index is 13.2. The molecule has 2 aliphatic rings. The number of rotatable bonds is 3. The predicted octanol–water partition coefficient (Wildman–Crippen LogP) is 5.75. The Balaban J connectivity index is 1.67. The highest BCUT2D eigenvalue weighted by atomic mass is 32.2. The molecule has 0 radical (unpaired) electrons. The number of benzene rings is 2. The topological polar surface area (TPSA) is 12.5 Å². The molecule has 0 aliphatic carbocycles. The van der Waals surface area contributed by atoms with Gasteiger partial charge in [-0.1, -0.05) is 54.6 Å². The number of thioether (sulfide) groups is 1. The van der Waals surface area contributed by atoms with E-state index in [1.807, 2.05) is 30.0 Å². The first-order chi connectivity index (χ1) is 13.0. The average Bonchev–Trinajstić information content (AvgIpc) is 3.09. The zero-order chi connectivity index (χ0) is 19.0. The van der Waals surface area contributed by atoms with Crippen molar-refractivity contribution in [2.45, 2.75) is 17.8 Å². The molecule has 2 aromatic carbocycles. The lowest BCUT2D eigenvalue weighted by Gasteiger charge is -2.33. The first-order valence-electron chi connectivity index (χ1n) is 8.56. The lowest BCUT2D eigenvalue weighted by Crippen LogP contribution is -2.38. The Morgan fingerprint density at radius 3 is 2.74 bits per heavy atom. The zero-order valence-corrected chi connectivity index (χ0v) is 15.4. The van der Waals surface area contributed by atoms with Crippen molar-refractivity contribution >= 4 is 35.7 Å². The summed E-state index contributed by atoms with van der Waals surface area (Å²) in [7, 11) is 1.70. The van der Waals surface area contributed by atoms with Gasteiger partial charge in [-0.05, 0) is 28.8 Å². The van der Waals surface area contributed by atoms with E-state index in [1.165, 1.54) is 18.2 Å². The molecule has 0 amide bonds. The number of hydrogen-bond acceptors (Lipinski definition) is 3. The van der Waals surface area contributed by atoms with Gasteiger partial charge in [0.15, 0.2) is 0 Å². The zero-order valence-electron chi connectivity index (χ0n) is 14.6. The summed E-state index contributed by atoms with van der Waals surface area (Å²) in [5.74, 6) is 0.879. The molecule has 2 unspecified atom stereocenters.